The second-order valence-electron chi connectivity index (χ2n) is 6.41. The molecule has 0 N–H and O–H groups in total. The van der Waals surface area contributed by atoms with Crippen molar-refractivity contribution in [3.63, 3.8) is 0 Å². The van der Waals surface area contributed by atoms with E-state index in [1.54, 1.807) is 0 Å². The standard InChI is InChI=1S/C22H18ClN3/c23-20-11-5-4-10-17(20)18-14-21(16-8-2-1-3-9-16)25-22(19(18)15-24)26-12-6-7-13-26/h1-5,8-11,14H,6-7,12-13H2. The Bertz CT molecular complexity index is 970. The first-order valence-corrected chi connectivity index (χ1v) is 9.16. The van der Waals surface area contributed by atoms with Crippen molar-refractivity contribution in [3.8, 4) is 28.5 Å². The van der Waals surface area contributed by atoms with Crippen LogP contribution >= 0.6 is 11.6 Å². The maximum atomic E-state index is 9.91. The van der Waals surface area contributed by atoms with E-state index in [4.69, 9.17) is 16.6 Å². The molecule has 1 aliphatic rings. The predicted molar refractivity (Wildman–Crippen MR) is 106 cm³/mol. The molecule has 128 valence electrons. The number of nitriles is 1. The van der Waals surface area contributed by atoms with Gasteiger partial charge in [-0.2, -0.15) is 5.26 Å². The summed E-state index contributed by atoms with van der Waals surface area (Å²) in [5.41, 5.74) is 4.20. The molecule has 4 heteroatoms. The van der Waals surface area contributed by atoms with E-state index < -0.39 is 0 Å². The number of anilines is 1. The van der Waals surface area contributed by atoms with E-state index in [0.29, 0.717) is 10.6 Å². The summed E-state index contributed by atoms with van der Waals surface area (Å²) in [7, 11) is 0. The predicted octanol–water partition coefficient (Wildman–Crippen LogP) is 5.54. The van der Waals surface area contributed by atoms with Crippen molar-refractivity contribution in [2.75, 3.05) is 18.0 Å². The Labute approximate surface area is 158 Å². The van der Waals surface area contributed by atoms with E-state index in [1.165, 1.54) is 0 Å². The number of halogens is 1. The third-order valence-electron chi connectivity index (χ3n) is 4.75. The van der Waals surface area contributed by atoms with Gasteiger partial charge in [0.05, 0.1) is 5.69 Å². The molecular formula is C22H18ClN3. The van der Waals surface area contributed by atoms with Gasteiger partial charge in [-0.05, 0) is 25.0 Å². The van der Waals surface area contributed by atoms with Crippen molar-refractivity contribution in [3.05, 3.63) is 71.2 Å². The molecular weight excluding hydrogens is 342 g/mol. The Hall–Kier alpha value is -2.83. The van der Waals surface area contributed by atoms with Crippen LogP contribution in [0.5, 0.6) is 0 Å². The van der Waals surface area contributed by atoms with Crippen LogP contribution in [0, 0.1) is 11.3 Å². The van der Waals surface area contributed by atoms with Crippen molar-refractivity contribution < 1.29 is 0 Å². The van der Waals surface area contributed by atoms with E-state index in [9.17, 15) is 5.26 Å². The van der Waals surface area contributed by atoms with Crippen LogP contribution in [0.4, 0.5) is 5.82 Å². The summed E-state index contributed by atoms with van der Waals surface area (Å²) in [6, 6.07) is 22.1. The van der Waals surface area contributed by atoms with Crippen LogP contribution in [-0.4, -0.2) is 18.1 Å². The largest absolute Gasteiger partial charge is 0.355 e. The van der Waals surface area contributed by atoms with E-state index in [2.05, 4.69) is 11.0 Å². The number of rotatable bonds is 3. The van der Waals surface area contributed by atoms with Crippen LogP contribution in [0.25, 0.3) is 22.4 Å². The topological polar surface area (TPSA) is 39.9 Å². The fourth-order valence-corrected chi connectivity index (χ4v) is 3.69. The Kier molecular flexibility index (Phi) is 4.60. The summed E-state index contributed by atoms with van der Waals surface area (Å²) in [5.74, 6) is 0.765. The van der Waals surface area contributed by atoms with Crippen LogP contribution in [0.2, 0.25) is 5.02 Å². The van der Waals surface area contributed by atoms with Crippen molar-refractivity contribution in [1.29, 1.82) is 5.26 Å². The number of aromatic nitrogens is 1. The number of hydrogen-bond donors (Lipinski definition) is 0. The van der Waals surface area contributed by atoms with Gasteiger partial charge in [-0.1, -0.05) is 60.1 Å². The maximum Gasteiger partial charge on any atom is 0.147 e. The third kappa shape index (κ3) is 3.05. The van der Waals surface area contributed by atoms with Gasteiger partial charge in [0.1, 0.15) is 17.5 Å². The second kappa shape index (κ2) is 7.19. The van der Waals surface area contributed by atoms with E-state index in [-0.39, 0.29) is 0 Å². The fraction of sp³-hybridized carbons (Fsp3) is 0.182. The molecule has 2 aromatic carbocycles. The molecule has 0 spiro atoms. The van der Waals surface area contributed by atoms with Gasteiger partial charge in [0, 0.05) is 34.8 Å². The van der Waals surface area contributed by atoms with Gasteiger partial charge in [-0.15, -0.1) is 0 Å². The minimum absolute atomic E-state index is 0.597. The van der Waals surface area contributed by atoms with Gasteiger partial charge in [0.15, 0.2) is 0 Å². The molecule has 3 nitrogen and oxygen atoms in total. The molecule has 0 bridgehead atoms. The zero-order valence-electron chi connectivity index (χ0n) is 14.3. The molecule has 0 radical (unpaired) electrons. The van der Waals surface area contributed by atoms with Gasteiger partial charge in [0.2, 0.25) is 0 Å². The van der Waals surface area contributed by atoms with Crippen LogP contribution in [0.1, 0.15) is 18.4 Å². The Morgan fingerprint density at radius 3 is 2.31 bits per heavy atom. The highest BCUT2D eigenvalue weighted by Gasteiger charge is 2.22. The minimum Gasteiger partial charge on any atom is -0.355 e. The molecule has 26 heavy (non-hydrogen) atoms. The Morgan fingerprint density at radius 2 is 1.62 bits per heavy atom. The number of hydrogen-bond acceptors (Lipinski definition) is 3. The van der Waals surface area contributed by atoms with Crippen molar-refractivity contribution in [1.82, 2.24) is 4.98 Å². The summed E-state index contributed by atoms with van der Waals surface area (Å²) < 4.78 is 0. The highest BCUT2D eigenvalue weighted by molar-refractivity contribution is 6.33. The Balaban J connectivity index is 1.98. The van der Waals surface area contributed by atoms with Crippen LogP contribution in [-0.2, 0) is 0 Å². The number of pyridine rings is 1. The van der Waals surface area contributed by atoms with Gasteiger partial charge >= 0.3 is 0 Å². The Morgan fingerprint density at radius 1 is 0.923 bits per heavy atom. The van der Waals surface area contributed by atoms with E-state index in [1.807, 2.05) is 60.7 Å². The molecule has 4 rings (SSSR count). The lowest BCUT2D eigenvalue weighted by atomic mass is 9.98. The second-order valence-corrected chi connectivity index (χ2v) is 6.81. The lowest BCUT2D eigenvalue weighted by Crippen LogP contribution is -2.21. The van der Waals surface area contributed by atoms with E-state index >= 15 is 0 Å². The summed E-state index contributed by atoms with van der Waals surface area (Å²) in [6.07, 6.45) is 2.26. The molecule has 1 aromatic heterocycles. The van der Waals surface area contributed by atoms with Crippen LogP contribution in [0.15, 0.2) is 60.7 Å². The van der Waals surface area contributed by atoms with Crippen LogP contribution < -0.4 is 4.90 Å². The molecule has 0 amide bonds. The summed E-state index contributed by atoms with van der Waals surface area (Å²) in [4.78, 5) is 7.09. The van der Waals surface area contributed by atoms with Crippen molar-refractivity contribution in [2.24, 2.45) is 0 Å². The monoisotopic (exact) mass is 359 g/mol. The van der Waals surface area contributed by atoms with Gasteiger partial charge in [-0.25, -0.2) is 4.98 Å². The molecule has 0 aliphatic carbocycles. The summed E-state index contributed by atoms with van der Waals surface area (Å²) >= 11 is 6.45. The molecule has 0 atom stereocenters. The average molecular weight is 360 g/mol. The zero-order chi connectivity index (χ0) is 17.9. The highest BCUT2D eigenvalue weighted by Crippen LogP contribution is 2.37. The first-order valence-electron chi connectivity index (χ1n) is 8.78. The molecule has 1 fully saturated rings. The lowest BCUT2D eigenvalue weighted by molar-refractivity contribution is 0.936. The van der Waals surface area contributed by atoms with Gasteiger partial charge in [0.25, 0.3) is 0 Å². The fourth-order valence-electron chi connectivity index (χ4n) is 3.45. The molecule has 1 saturated heterocycles. The molecule has 1 aliphatic heterocycles. The smallest absolute Gasteiger partial charge is 0.147 e. The third-order valence-corrected chi connectivity index (χ3v) is 5.08. The average Bonchev–Trinajstić information content (AvgIpc) is 3.23. The first-order chi connectivity index (χ1) is 12.8. The minimum atomic E-state index is 0.597. The van der Waals surface area contributed by atoms with Crippen LogP contribution in [0.3, 0.4) is 0 Å². The maximum absolute atomic E-state index is 9.91. The first kappa shape index (κ1) is 16.6. The zero-order valence-corrected chi connectivity index (χ0v) is 15.1. The molecule has 2 heterocycles. The van der Waals surface area contributed by atoms with Crippen molar-refractivity contribution >= 4 is 17.4 Å². The number of nitrogens with zero attached hydrogens (tertiary/aromatic N) is 3. The molecule has 0 unspecified atom stereocenters. The quantitative estimate of drug-likeness (QED) is 0.616. The van der Waals surface area contributed by atoms with Gasteiger partial charge in [-0.3, -0.25) is 0 Å². The van der Waals surface area contributed by atoms with Gasteiger partial charge < -0.3 is 4.90 Å². The number of benzene rings is 2. The molecule has 0 saturated carbocycles. The van der Waals surface area contributed by atoms with E-state index in [0.717, 1.165) is 54.1 Å². The normalized spacial score (nSPS) is 13.6. The highest BCUT2D eigenvalue weighted by atomic mass is 35.5. The lowest BCUT2D eigenvalue weighted by Gasteiger charge is -2.21. The molecule has 3 aromatic rings. The summed E-state index contributed by atoms with van der Waals surface area (Å²) in [5, 5.41) is 10.6. The summed E-state index contributed by atoms with van der Waals surface area (Å²) in [6.45, 7) is 1.86. The van der Waals surface area contributed by atoms with Crippen molar-refractivity contribution in [2.45, 2.75) is 12.8 Å². The SMILES string of the molecule is N#Cc1c(-c2ccccc2Cl)cc(-c2ccccc2)nc1N1CCCC1.